The molecule has 3 aliphatic rings. The van der Waals surface area contributed by atoms with Gasteiger partial charge in [-0.3, -0.25) is 9.59 Å². The molecule has 152 valence electrons. The van der Waals surface area contributed by atoms with E-state index in [4.69, 9.17) is 4.74 Å². The molecule has 6 nitrogen and oxygen atoms in total. The van der Waals surface area contributed by atoms with Gasteiger partial charge < -0.3 is 19.4 Å². The van der Waals surface area contributed by atoms with Crippen LogP contribution >= 0.6 is 0 Å². The van der Waals surface area contributed by atoms with E-state index in [1.807, 2.05) is 34.1 Å². The summed E-state index contributed by atoms with van der Waals surface area (Å²) in [6.07, 6.45) is 5.05. The smallest absolute Gasteiger partial charge is 0.253 e. The van der Waals surface area contributed by atoms with E-state index in [-0.39, 0.29) is 12.0 Å². The lowest BCUT2D eigenvalue weighted by Gasteiger charge is -2.32. The summed E-state index contributed by atoms with van der Waals surface area (Å²) in [5.41, 5.74) is 0.719. The van der Waals surface area contributed by atoms with Crippen molar-refractivity contribution >= 4 is 11.8 Å². The second kappa shape index (κ2) is 8.11. The number of nitrogens with zero attached hydrogens (tertiary/aromatic N) is 3. The van der Waals surface area contributed by atoms with Crippen LogP contribution in [0.2, 0.25) is 0 Å². The number of likely N-dealkylation sites (tertiary alicyclic amines) is 2. The Labute approximate surface area is 167 Å². The summed E-state index contributed by atoms with van der Waals surface area (Å²) in [7, 11) is 4.13. The molecule has 0 N–H and O–H groups in total. The Morgan fingerprint density at radius 1 is 0.929 bits per heavy atom. The predicted molar refractivity (Wildman–Crippen MR) is 107 cm³/mol. The SMILES string of the molecule is CN(C)[C@H]1CCN(C(=O)c2ccc(OC3CCN(C(=O)C4CC4)CC3)cc2)C1. The van der Waals surface area contributed by atoms with Crippen LogP contribution in [0.1, 0.15) is 42.5 Å². The highest BCUT2D eigenvalue weighted by atomic mass is 16.5. The van der Waals surface area contributed by atoms with E-state index >= 15 is 0 Å². The average Bonchev–Trinajstić information content (AvgIpc) is 3.44. The van der Waals surface area contributed by atoms with Crippen molar-refractivity contribution in [3.8, 4) is 5.75 Å². The fourth-order valence-corrected chi connectivity index (χ4v) is 4.18. The molecule has 1 aliphatic carbocycles. The maximum absolute atomic E-state index is 12.7. The molecular formula is C22H31N3O3. The molecule has 2 amide bonds. The van der Waals surface area contributed by atoms with Crippen LogP contribution in [0.5, 0.6) is 5.75 Å². The van der Waals surface area contributed by atoms with Gasteiger partial charge in [-0.1, -0.05) is 0 Å². The average molecular weight is 386 g/mol. The van der Waals surface area contributed by atoms with Crippen LogP contribution in [-0.2, 0) is 4.79 Å². The lowest BCUT2D eigenvalue weighted by molar-refractivity contribution is -0.134. The van der Waals surface area contributed by atoms with Crippen LogP contribution in [0, 0.1) is 5.92 Å². The molecule has 0 spiro atoms. The van der Waals surface area contributed by atoms with Gasteiger partial charge in [-0.15, -0.1) is 0 Å². The van der Waals surface area contributed by atoms with Crippen LogP contribution in [-0.4, -0.2) is 78.9 Å². The minimum Gasteiger partial charge on any atom is -0.490 e. The van der Waals surface area contributed by atoms with Crippen LogP contribution in [0.3, 0.4) is 0 Å². The Kier molecular flexibility index (Phi) is 5.58. The Balaban J connectivity index is 1.27. The molecule has 1 aromatic rings. The minimum atomic E-state index is 0.0998. The van der Waals surface area contributed by atoms with Crippen molar-refractivity contribution < 1.29 is 14.3 Å². The summed E-state index contributed by atoms with van der Waals surface area (Å²) in [6, 6.07) is 7.98. The van der Waals surface area contributed by atoms with E-state index in [0.29, 0.717) is 17.9 Å². The highest BCUT2D eigenvalue weighted by Gasteiger charge is 2.35. The molecule has 2 heterocycles. The number of amides is 2. The van der Waals surface area contributed by atoms with Gasteiger partial charge in [0, 0.05) is 56.5 Å². The third-order valence-corrected chi connectivity index (χ3v) is 6.27. The number of hydrogen-bond acceptors (Lipinski definition) is 4. The van der Waals surface area contributed by atoms with E-state index in [1.165, 1.54) is 0 Å². The number of benzene rings is 1. The molecule has 2 saturated heterocycles. The minimum absolute atomic E-state index is 0.0998. The molecule has 6 heteroatoms. The van der Waals surface area contributed by atoms with Gasteiger partial charge in [-0.2, -0.15) is 0 Å². The van der Waals surface area contributed by atoms with Gasteiger partial charge in [0.2, 0.25) is 5.91 Å². The zero-order valence-corrected chi connectivity index (χ0v) is 17.0. The van der Waals surface area contributed by atoms with Gasteiger partial charge in [-0.25, -0.2) is 0 Å². The third-order valence-electron chi connectivity index (χ3n) is 6.27. The number of rotatable bonds is 5. The first-order valence-electron chi connectivity index (χ1n) is 10.5. The zero-order valence-electron chi connectivity index (χ0n) is 17.0. The first kappa shape index (κ1) is 19.2. The quantitative estimate of drug-likeness (QED) is 0.780. The van der Waals surface area contributed by atoms with Gasteiger partial charge in [0.05, 0.1) is 0 Å². The van der Waals surface area contributed by atoms with Crippen LogP contribution in [0.15, 0.2) is 24.3 Å². The number of carbonyl (C=O) groups is 2. The highest BCUT2D eigenvalue weighted by Crippen LogP contribution is 2.32. The Hall–Kier alpha value is -2.08. The standard InChI is InChI=1S/C22H31N3O3/c1-23(2)18-9-12-25(15-18)22(27)17-5-7-19(8-6-17)28-20-10-13-24(14-11-20)21(26)16-3-4-16/h5-8,16,18,20H,3-4,9-15H2,1-2H3/t18-/m0/s1. The van der Waals surface area contributed by atoms with Gasteiger partial charge in [-0.05, 0) is 57.6 Å². The number of likely N-dealkylation sites (N-methyl/N-ethyl adjacent to an activating group) is 1. The second-order valence-corrected chi connectivity index (χ2v) is 8.60. The Bertz CT molecular complexity index is 706. The topological polar surface area (TPSA) is 53.1 Å². The van der Waals surface area contributed by atoms with E-state index < -0.39 is 0 Å². The maximum atomic E-state index is 12.7. The summed E-state index contributed by atoms with van der Waals surface area (Å²) < 4.78 is 6.10. The maximum Gasteiger partial charge on any atom is 0.253 e. The number of ether oxygens (including phenoxy) is 1. The van der Waals surface area contributed by atoms with Crippen LogP contribution in [0.25, 0.3) is 0 Å². The highest BCUT2D eigenvalue weighted by molar-refractivity contribution is 5.94. The molecule has 1 aromatic carbocycles. The molecular weight excluding hydrogens is 354 g/mol. The fourth-order valence-electron chi connectivity index (χ4n) is 4.18. The fraction of sp³-hybridized carbons (Fsp3) is 0.636. The van der Waals surface area contributed by atoms with Crippen molar-refractivity contribution in [2.45, 2.75) is 44.2 Å². The molecule has 0 unspecified atom stereocenters. The zero-order chi connectivity index (χ0) is 19.7. The van der Waals surface area contributed by atoms with E-state index in [2.05, 4.69) is 19.0 Å². The van der Waals surface area contributed by atoms with E-state index in [9.17, 15) is 9.59 Å². The molecule has 4 rings (SSSR count). The summed E-state index contributed by atoms with van der Waals surface area (Å²) in [4.78, 5) is 31.0. The molecule has 2 aliphatic heterocycles. The third kappa shape index (κ3) is 4.32. The summed E-state index contributed by atoms with van der Waals surface area (Å²) in [5.74, 6) is 1.53. The number of carbonyl (C=O) groups excluding carboxylic acids is 2. The first-order chi connectivity index (χ1) is 13.5. The van der Waals surface area contributed by atoms with E-state index in [1.54, 1.807) is 0 Å². The summed E-state index contributed by atoms with van der Waals surface area (Å²) in [5, 5.41) is 0. The lowest BCUT2D eigenvalue weighted by atomic mass is 10.1. The normalized spacial score (nSPS) is 23.3. The van der Waals surface area contributed by atoms with Crippen LogP contribution in [0.4, 0.5) is 0 Å². The molecule has 0 aromatic heterocycles. The van der Waals surface area contributed by atoms with Crippen molar-refractivity contribution in [1.82, 2.24) is 14.7 Å². The van der Waals surface area contributed by atoms with Crippen molar-refractivity contribution in [1.29, 1.82) is 0 Å². The molecule has 28 heavy (non-hydrogen) atoms. The molecule has 0 radical (unpaired) electrons. The first-order valence-corrected chi connectivity index (χ1v) is 10.5. The second-order valence-electron chi connectivity index (χ2n) is 8.60. The lowest BCUT2D eigenvalue weighted by Crippen LogP contribution is -2.42. The van der Waals surface area contributed by atoms with Gasteiger partial charge >= 0.3 is 0 Å². The summed E-state index contributed by atoms with van der Waals surface area (Å²) in [6.45, 7) is 3.19. The van der Waals surface area contributed by atoms with Gasteiger partial charge in [0.1, 0.15) is 11.9 Å². The molecule has 1 saturated carbocycles. The van der Waals surface area contributed by atoms with Gasteiger partial charge in [0.25, 0.3) is 5.91 Å². The van der Waals surface area contributed by atoms with E-state index in [0.717, 1.165) is 69.6 Å². The molecule has 3 fully saturated rings. The van der Waals surface area contributed by atoms with Crippen LogP contribution < -0.4 is 4.74 Å². The summed E-state index contributed by atoms with van der Waals surface area (Å²) >= 11 is 0. The van der Waals surface area contributed by atoms with Gasteiger partial charge in [0.15, 0.2) is 0 Å². The largest absolute Gasteiger partial charge is 0.490 e. The molecule has 1 atom stereocenters. The van der Waals surface area contributed by atoms with Crippen molar-refractivity contribution in [3.05, 3.63) is 29.8 Å². The number of hydrogen-bond donors (Lipinski definition) is 0. The Morgan fingerprint density at radius 2 is 1.57 bits per heavy atom. The Morgan fingerprint density at radius 3 is 2.14 bits per heavy atom. The van der Waals surface area contributed by atoms with Crippen molar-refractivity contribution in [2.75, 3.05) is 40.3 Å². The predicted octanol–water partition coefficient (Wildman–Crippen LogP) is 2.24. The monoisotopic (exact) mass is 385 g/mol. The molecule has 0 bridgehead atoms. The number of piperidine rings is 1. The van der Waals surface area contributed by atoms with Crippen molar-refractivity contribution in [3.63, 3.8) is 0 Å². The van der Waals surface area contributed by atoms with Crippen molar-refractivity contribution in [2.24, 2.45) is 5.92 Å².